The lowest BCUT2D eigenvalue weighted by Gasteiger charge is -2.65. The molecule has 24 heavy (non-hydrogen) atoms. The van der Waals surface area contributed by atoms with E-state index in [1.165, 1.54) is 37.7 Å². The van der Waals surface area contributed by atoms with Crippen molar-refractivity contribution in [2.24, 2.45) is 23.7 Å². The number of hydrazine groups is 1. The summed E-state index contributed by atoms with van der Waals surface area (Å²) in [5, 5.41) is 4.55. The summed E-state index contributed by atoms with van der Waals surface area (Å²) in [6.45, 7) is 5.03. The van der Waals surface area contributed by atoms with Crippen LogP contribution in [0.4, 0.5) is 0 Å². The van der Waals surface area contributed by atoms with Crippen molar-refractivity contribution in [3.8, 4) is 0 Å². The lowest BCUT2D eigenvalue weighted by Crippen LogP contribution is -2.79. The third-order valence-corrected chi connectivity index (χ3v) is 7.27. The number of nitrogens with zero attached hydrogens (tertiary/aromatic N) is 2. The van der Waals surface area contributed by atoms with E-state index in [4.69, 9.17) is 0 Å². The van der Waals surface area contributed by atoms with Crippen molar-refractivity contribution in [3.63, 3.8) is 0 Å². The molecule has 1 aromatic carbocycles. The summed E-state index contributed by atoms with van der Waals surface area (Å²) >= 11 is 0. The first kappa shape index (κ1) is 14.9. The molecular formula is C21H28N2O. The van der Waals surface area contributed by atoms with Crippen LogP contribution in [0, 0.1) is 23.7 Å². The Kier molecular flexibility index (Phi) is 3.16. The van der Waals surface area contributed by atoms with Gasteiger partial charge in [0.2, 0.25) is 0 Å². The number of rotatable bonds is 3. The van der Waals surface area contributed by atoms with E-state index in [9.17, 15) is 4.79 Å². The van der Waals surface area contributed by atoms with Crippen LogP contribution in [-0.2, 0) is 11.3 Å². The number of amides is 1. The van der Waals surface area contributed by atoms with Gasteiger partial charge in [-0.3, -0.25) is 9.80 Å². The molecule has 0 aromatic heterocycles. The average Bonchev–Trinajstić information content (AvgIpc) is 2.56. The molecule has 0 atom stereocenters. The van der Waals surface area contributed by atoms with Crippen molar-refractivity contribution in [1.29, 1.82) is 0 Å². The summed E-state index contributed by atoms with van der Waals surface area (Å²) in [5.41, 5.74) is 0.941. The maximum atomic E-state index is 13.0. The van der Waals surface area contributed by atoms with Crippen LogP contribution in [0.15, 0.2) is 30.3 Å². The van der Waals surface area contributed by atoms with E-state index < -0.39 is 0 Å². The highest BCUT2D eigenvalue weighted by molar-refractivity contribution is 5.90. The van der Waals surface area contributed by atoms with Crippen LogP contribution in [0.1, 0.15) is 51.5 Å². The van der Waals surface area contributed by atoms with Crippen molar-refractivity contribution in [1.82, 2.24) is 10.0 Å². The zero-order chi connectivity index (χ0) is 16.5. The van der Waals surface area contributed by atoms with Crippen LogP contribution in [0.2, 0.25) is 0 Å². The Labute approximate surface area is 145 Å². The lowest BCUT2D eigenvalue weighted by atomic mass is 9.53. The highest BCUT2D eigenvalue weighted by Gasteiger charge is 2.60. The Hall–Kier alpha value is -1.35. The first-order valence-electron chi connectivity index (χ1n) is 9.69. The van der Waals surface area contributed by atoms with Gasteiger partial charge in [0.05, 0.1) is 6.04 Å². The molecule has 0 radical (unpaired) electrons. The van der Waals surface area contributed by atoms with Gasteiger partial charge in [0.1, 0.15) is 5.54 Å². The Balaban J connectivity index is 1.43. The van der Waals surface area contributed by atoms with Crippen molar-refractivity contribution >= 4 is 5.91 Å². The quantitative estimate of drug-likeness (QED) is 0.843. The maximum Gasteiger partial charge on any atom is 0.258 e. The number of benzene rings is 1. The minimum atomic E-state index is -0.357. The molecule has 0 spiro atoms. The van der Waals surface area contributed by atoms with Crippen LogP contribution in [0.25, 0.3) is 0 Å². The maximum absolute atomic E-state index is 13.0. The summed E-state index contributed by atoms with van der Waals surface area (Å²) in [7, 11) is 0. The van der Waals surface area contributed by atoms with Crippen LogP contribution in [-0.4, -0.2) is 27.5 Å². The van der Waals surface area contributed by atoms with Crippen LogP contribution >= 0.6 is 0 Å². The molecule has 4 bridgehead atoms. The van der Waals surface area contributed by atoms with Crippen LogP contribution in [0.3, 0.4) is 0 Å². The van der Waals surface area contributed by atoms with Gasteiger partial charge in [0, 0.05) is 6.54 Å². The predicted octanol–water partition coefficient (Wildman–Crippen LogP) is 3.85. The van der Waals surface area contributed by atoms with Gasteiger partial charge in [-0.15, -0.1) is 0 Å². The molecule has 4 saturated carbocycles. The standard InChI is InChI=1S/C21H28N2O/c1-21(2)20(24)23(22(21)13-14-6-4-3-5-7-14)19-17-9-15-8-16(11-17)12-18(19)10-15/h3-7,15-19H,8-13H2,1-2H3. The third kappa shape index (κ3) is 2.03. The molecule has 5 aliphatic rings. The van der Waals surface area contributed by atoms with E-state index in [1.807, 2.05) is 0 Å². The fourth-order valence-corrected chi connectivity index (χ4v) is 6.35. The van der Waals surface area contributed by atoms with E-state index in [2.05, 4.69) is 54.2 Å². The van der Waals surface area contributed by atoms with Crippen molar-refractivity contribution in [2.75, 3.05) is 0 Å². The van der Waals surface area contributed by atoms with Gasteiger partial charge in [0.15, 0.2) is 0 Å². The van der Waals surface area contributed by atoms with E-state index in [-0.39, 0.29) is 5.54 Å². The first-order chi connectivity index (χ1) is 11.5. The summed E-state index contributed by atoms with van der Waals surface area (Å²) < 4.78 is 0. The van der Waals surface area contributed by atoms with Gasteiger partial charge in [-0.1, -0.05) is 30.3 Å². The zero-order valence-corrected chi connectivity index (χ0v) is 14.8. The Bertz CT molecular complexity index is 625. The SMILES string of the molecule is CC1(C)C(=O)N(C2C3CC4CC(C3)CC2C4)N1Cc1ccccc1. The third-order valence-electron chi connectivity index (χ3n) is 7.27. The van der Waals surface area contributed by atoms with Gasteiger partial charge < -0.3 is 0 Å². The zero-order valence-electron chi connectivity index (χ0n) is 14.8. The molecule has 3 nitrogen and oxygen atoms in total. The molecule has 1 aliphatic heterocycles. The number of hydrogen-bond acceptors (Lipinski definition) is 2. The van der Waals surface area contributed by atoms with Gasteiger partial charge in [-0.2, -0.15) is 5.01 Å². The lowest BCUT2D eigenvalue weighted by molar-refractivity contribution is -0.251. The summed E-state index contributed by atoms with van der Waals surface area (Å²) in [6.07, 6.45) is 6.91. The molecule has 0 unspecified atom stereocenters. The average molecular weight is 324 g/mol. The molecule has 1 amide bonds. The highest BCUT2D eigenvalue weighted by atomic mass is 16.2. The number of carbonyl (C=O) groups is 1. The number of hydrogen-bond donors (Lipinski definition) is 0. The van der Waals surface area contributed by atoms with Crippen molar-refractivity contribution < 1.29 is 4.79 Å². The normalized spacial score (nSPS) is 40.0. The molecule has 1 heterocycles. The predicted molar refractivity (Wildman–Crippen MR) is 93.7 cm³/mol. The highest BCUT2D eigenvalue weighted by Crippen LogP contribution is 2.57. The summed E-state index contributed by atoms with van der Waals surface area (Å²) in [4.78, 5) is 13.0. The molecule has 1 aromatic rings. The van der Waals surface area contributed by atoms with E-state index >= 15 is 0 Å². The molecule has 1 saturated heterocycles. The monoisotopic (exact) mass is 324 g/mol. The van der Waals surface area contributed by atoms with Crippen LogP contribution in [0.5, 0.6) is 0 Å². The van der Waals surface area contributed by atoms with Crippen LogP contribution < -0.4 is 0 Å². The Morgan fingerprint density at radius 3 is 2.12 bits per heavy atom. The second kappa shape index (κ2) is 5.08. The van der Waals surface area contributed by atoms with E-state index in [0.29, 0.717) is 11.9 Å². The Morgan fingerprint density at radius 1 is 0.958 bits per heavy atom. The summed E-state index contributed by atoms with van der Waals surface area (Å²) in [6, 6.07) is 11.1. The van der Waals surface area contributed by atoms with Crippen molar-refractivity contribution in [3.05, 3.63) is 35.9 Å². The smallest absolute Gasteiger partial charge is 0.258 e. The summed E-state index contributed by atoms with van der Waals surface area (Å²) in [5.74, 6) is 3.75. The topological polar surface area (TPSA) is 23.6 Å². The van der Waals surface area contributed by atoms with E-state index in [1.54, 1.807) is 0 Å². The minimum absolute atomic E-state index is 0.343. The molecule has 4 aliphatic carbocycles. The van der Waals surface area contributed by atoms with Gasteiger partial charge in [0.25, 0.3) is 5.91 Å². The molecule has 128 valence electrons. The van der Waals surface area contributed by atoms with Gasteiger partial charge in [-0.05, 0) is 75.2 Å². The number of carbonyl (C=O) groups excluding carboxylic acids is 1. The second-order valence-corrected chi connectivity index (χ2v) is 9.17. The molecule has 3 heteroatoms. The first-order valence-corrected chi connectivity index (χ1v) is 9.69. The fraction of sp³-hybridized carbons (Fsp3) is 0.667. The largest absolute Gasteiger partial charge is 0.271 e. The minimum Gasteiger partial charge on any atom is -0.271 e. The Morgan fingerprint density at radius 2 is 1.54 bits per heavy atom. The molecule has 6 rings (SSSR count). The van der Waals surface area contributed by atoms with Crippen molar-refractivity contribution in [2.45, 2.75) is 64.1 Å². The van der Waals surface area contributed by atoms with E-state index in [0.717, 1.165) is 30.2 Å². The molecular weight excluding hydrogens is 296 g/mol. The second-order valence-electron chi connectivity index (χ2n) is 9.17. The van der Waals surface area contributed by atoms with Gasteiger partial charge in [-0.25, -0.2) is 0 Å². The molecule has 0 N–H and O–H groups in total. The van der Waals surface area contributed by atoms with Gasteiger partial charge >= 0.3 is 0 Å². The fourth-order valence-electron chi connectivity index (χ4n) is 6.35. The molecule has 5 fully saturated rings.